The van der Waals surface area contributed by atoms with Gasteiger partial charge >= 0.3 is 0 Å². The zero-order valence-corrected chi connectivity index (χ0v) is 14.8. The minimum atomic E-state index is -0.318. The van der Waals surface area contributed by atoms with Crippen LogP contribution < -0.4 is 5.32 Å². The predicted octanol–water partition coefficient (Wildman–Crippen LogP) is 3.59. The standard InChI is InChI=1S/C21H20FN3O2/c22-16-8-10-17(11-9-16)25-20(15-5-2-1-3-6-15)19(14-24-25)21(26)23-13-18-7-4-12-27-18/h1-3,5-6,8-11,14,18H,4,7,12-13H2,(H,23,26)/t18-/m0/s1. The molecular formula is C21H20FN3O2. The number of rotatable bonds is 5. The summed E-state index contributed by atoms with van der Waals surface area (Å²) < 4.78 is 20.5. The highest BCUT2D eigenvalue weighted by molar-refractivity contribution is 6.00. The van der Waals surface area contributed by atoms with Gasteiger partial charge in [-0.3, -0.25) is 4.79 Å². The summed E-state index contributed by atoms with van der Waals surface area (Å²) in [7, 11) is 0. The fourth-order valence-corrected chi connectivity index (χ4v) is 3.27. The van der Waals surface area contributed by atoms with Crippen molar-refractivity contribution >= 4 is 5.91 Å². The SMILES string of the molecule is O=C(NC[C@@H]1CCCO1)c1cnn(-c2ccc(F)cc2)c1-c1ccccc1. The van der Waals surface area contributed by atoms with Gasteiger partial charge < -0.3 is 10.1 Å². The second-order valence-corrected chi connectivity index (χ2v) is 6.51. The molecule has 0 spiro atoms. The van der Waals surface area contributed by atoms with Crippen LogP contribution in [0, 0.1) is 5.82 Å². The van der Waals surface area contributed by atoms with Gasteiger partial charge in [-0.25, -0.2) is 9.07 Å². The minimum absolute atomic E-state index is 0.0706. The van der Waals surface area contributed by atoms with Crippen LogP contribution in [0.2, 0.25) is 0 Å². The molecule has 138 valence electrons. The predicted molar refractivity (Wildman–Crippen MR) is 100 cm³/mol. The Morgan fingerprint density at radius 3 is 2.67 bits per heavy atom. The van der Waals surface area contributed by atoms with Crippen LogP contribution in [0.15, 0.2) is 60.8 Å². The number of benzene rings is 2. The molecule has 1 fully saturated rings. The third-order valence-electron chi connectivity index (χ3n) is 4.65. The van der Waals surface area contributed by atoms with Gasteiger partial charge in [0.05, 0.1) is 29.2 Å². The first-order chi connectivity index (χ1) is 13.2. The normalized spacial score (nSPS) is 16.4. The molecule has 0 unspecified atom stereocenters. The number of halogens is 1. The van der Waals surface area contributed by atoms with E-state index in [0.29, 0.717) is 23.5 Å². The number of hydrogen-bond acceptors (Lipinski definition) is 3. The molecule has 6 heteroatoms. The van der Waals surface area contributed by atoms with Crippen molar-refractivity contribution in [2.45, 2.75) is 18.9 Å². The summed E-state index contributed by atoms with van der Waals surface area (Å²) in [5, 5.41) is 7.34. The van der Waals surface area contributed by atoms with E-state index in [0.717, 1.165) is 25.0 Å². The van der Waals surface area contributed by atoms with Crippen molar-refractivity contribution in [2.75, 3.05) is 13.2 Å². The molecule has 1 atom stereocenters. The van der Waals surface area contributed by atoms with Crippen molar-refractivity contribution in [3.8, 4) is 16.9 Å². The summed E-state index contributed by atoms with van der Waals surface area (Å²) in [6.45, 7) is 1.23. The summed E-state index contributed by atoms with van der Waals surface area (Å²) in [6.07, 6.45) is 3.61. The average Bonchev–Trinajstić information content (AvgIpc) is 3.37. The first kappa shape index (κ1) is 17.4. The van der Waals surface area contributed by atoms with Gasteiger partial charge in [0.2, 0.25) is 0 Å². The van der Waals surface area contributed by atoms with Gasteiger partial charge in [0, 0.05) is 18.7 Å². The third kappa shape index (κ3) is 3.75. The Morgan fingerprint density at radius 1 is 1.19 bits per heavy atom. The fraction of sp³-hybridized carbons (Fsp3) is 0.238. The molecule has 4 rings (SSSR count). The van der Waals surface area contributed by atoms with Crippen LogP contribution in [-0.4, -0.2) is 34.9 Å². The Bertz CT molecular complexity index is 916. The van der Waals surface area contributed by atoms with Gasteiger partial charge in [0.15, 0.2) is 0 Å². The van der Waals surface area contributed by atoms with Gasteiger partial charge in [0.25, 0.3) is 5.91 Å². The highest BCUT2D eigenvalue weighted by Gasteiger charge is 2.22. The van der Waals surface area contributed by atoms with Crippen LogP contribution in [0.3, 0.4) is 0 Å². The largest absolute Gasteiger partial charge is 0.376 e. The van der Waals surface area contributed by atoms with Crippen LogP contribution >= 0.6 is 0 Å². The molecule has 27 heavy (non-hydrogen) atoms. The summed E-state index contributed by atoms with van der Waals surface area (Å²) >= 11 is 0. The van der Waals surface area contributed by atoms with Crippen LogP contribution in [0.1, 0.15) is 23.2 Å². The summed E-state index contributed by atoms with van der Waals surface area (Å²) in [6, 6.07) is 15.6. The van der Waals surface area contributed by atoms with E-state index in [1.54, 1.807) is 23.0 Å². The molecule has 0 aliphatic carbocycles. The molecular weight excluding hydrogens is 345 g/mol. The lowest BCUT2D eigenvalue weighted by molar-refractivity contribution is 0.0858. The quantitative estimate of drug-likeness (QED) is 0.752. The van der Waals surface area contributed by atoms with Crippen LogP contribution in [0.5, 0.6) is 0 Å². The Hall–Kier alpha value is -2.99. The van der Waals surface area contributed by atoms with E-state index >= 15 is 0 Å². The first-order valence-electron chi connectivity index (χ1n) is 9.01. The molecule has 1 aliphatic heterocycles. The van der Waals surface area contributed by atoms with E-state index in [2.05, 4.69) is 10.4 Å². The second kappa shape index (κ2) is 7.72. The minimum Gasteiger partial charge on any atom is -0.376 e. The molecule has 3 aromatic rings. The topological polar surface area (TPSA) is 56.1 Å². The van der Waals surface area contributed by atoms with Crippen LogP contribution in [-0.2, 0) is 4.74 Å². The van der Waals surface area contributed by atoms with Gasteiger partial charge in [-0.05, 0) is 37.1 Å². The third-order valence-corrected chi connectivity index (χ3v) is 4.65. The number of carbonyl (C=O) groups excluding carboxylic acids is 1. The molecule has 0 saturated carbocycles. The number of hydrogen-bond donors (Lipinski definition) is 1. The first-order valence-corrected chi connectivity index (χ1v) is 9.01. The number of ether oxygens (including phenoxy) is 1. The van der Waals surface area contributed by atoms with Crippen molar-refractivity contribution in [3.63, 3.8) is 0 Å². The average molecular weight is 365 g/mol. The van der Waals surface area contributed by atoms with E-state index in [9.17, 15) is 9.18 Å². The van der Waals surface area contributed by atoms with Crippen LogP contribution in [0.4, 0.5) is 4.39 Å². The Morgan fingerprint density at radius 2 is 1.96 bits per heavy atom. The molecule has 1 saturated heterocycles. The summed E-state index contributed by atoms with van der Waals surface area (Å²) in [4.78, 5) is 12.8. The highest BCUT2D eigenvalue weighted by Crippen LogP contribution is 2.27. The van der Waals surface area contributed by atoms with Gasteiger partial charge in [-0.2, -0.15) is 5.10 Å². The maximum absolute atomic E-state index is 13.3. The molecule has 5 nitrogen and oxygen atoms in total. The van der Waals surface area contributed by atoms with Crippen LogP contribution in [0.25, 0.3) is 16.9 Å². The van der Waals surface area contributed by atoms with E-state index in [1.807, 2.05) is 30.3 Å². The molecule has 0 radical (unpaired) electrons. The van der Waals surface area contributed by atoms with Gasteiger partial charge in [-0.1, -0.05) is 30.3 Å². The molecule has 1 aromatic heterocycles. The number of amides is 1. The molecule has 2 heterocycles. The maximum Gasteiger partial charge on any atom is 0.255 e. The van der Waals surface area contributed by atoms with E-state index in [-0.39, 0.29) is 17.8 Å². The Labute approximate surface area is 156 Å². The summed E-state index contributed by atoms with van der Waals surface area (Å²) in [5.74, 6) is -0.514. The number of carbonyl (C=O) groups is 1. The molecule has 1 N–H and O–H groups in total. The zero-order valence-electron chi connectivity index (χ0n) is 14.8. The highest BCUT2D eigenvalue weighted by atomic mass is 19.1. The summed E-state index contributed by atoms with van der Waals surface area (Å²) in [5.41, 5.74) is 2.70. The van der Waals surface area contributed by atoms with E-state index in [1.165, 1.54) is 12.1 Å². The number of nitrogens with one attached hydrogen (secondary N) is 1. The maximum atomic E-state index is 13.3. The van der Waals surface area contributed by atoms with Crippen molar-refractivity contribution < 1.29 is 13.9 Å². The van der Waals surface area contributed by atoms with Gasteiger partial charge in [0.1, 0.15) is 5.82 Å². The monoisotopic (exact) mass is 365 g/mol. The molecule has 2 aromatic carbocycles. The number of aromatic nitrogens is 2. The fourth-order valence-electron chi connectivity index (χ4n) is 3.27. The van der Waals surface area contributed by atoms with Crippen molar-refractivity contribution in [3.05, 3.63) is 72.2 Å². The van der Waals surface area contributed by atoms with Crippen molar-refractivity contribution in [1.29, 1.82) is 0 Å². The zero-order chi connectivity index (χ0) is 18.6. The molecule has 1 aliphatic rings. The second-order valence-electron chi connectivity index (χ2n) is 6.51. The molecule has 1 amide bonds. The number of nitrogens with zero attached hydrogens (tertiary/aromatic N) is 2. The Kier molecular flexibility index (Phi) is 4.98. The van der Waals surface area contributed by atoms with Crippen molar-refractivity contribution in [1.82, 2.24) is 15.1 Å². The van der Waals surface area contributed by atoms with E-state index in [4.69, 9.17) is 4.74 Å². The van der Waals surface area contributed by atoms with Crippen molar-refractivity contribution in [2.24, 2.45) is 0 Å². The lowest BCUT2D eigenvalue weighted by Crippen LogP contribution is -2.31. The molecule has 0 bridgehead atoms. The Balaban J connectivity index is 1.68. The smallest absolute Gasteiger partial charge is 0.255 e. The lowest BCUT2D eigenvalue weighted by Gasteiger charge is -2.12. The van der Waals surface area contributed by atoms with E-state index < -0.39 is 0 Å². The van der Waals surface area contributed by atoms with Gasteiger partial charge in [-0.15, -0.1) is 0 Å². The lowest BCUT2D eigenvalue weighted by atomic mass is 10.1.